The van der Waals surface area contributed by atoms with Gasteiger partial charge in [0.05, 0.1) is 12.1 Å². The molecule has 2 aromatic rings. The fourth-order valence-electron chi connectivity index (χ4n) is 2.49. The van der Waals surface area contributed by atoms with Gasteiger partial charge in [0, 0.05) is 6.04 Å². The number of benzene rings is 2. The number of hydrogen-bond acceptors (Lipinski definition) is 3. The number of fused-ring (bicyclic) bond motifs is 1. The lowest BCUT2D eigenvalue weighted by Gasteiger charge is -2.14. The van der Waals surface area contributed by atoms with Crippen LogP contribution in [0.25, 0.3) is 0 Å². The molecule has 1 amide bonds. The Hall–Kier alpha value is -2.33. The minimum absolute atomic E-state index is 0.101. The fraction of sp³-hybridized carbons (Fsp3) is 0.235. The van der Waals surface area contributed by atoms with Crippen LogP contribution in [0.3, 0.4) is 0 Å². The first-order chi connectivity index (χ1) is 10.2. The topological polar surface area (TPSA) is 64.4 Å². The summed E-state index contributed by atoms with van der Waals surface area (Å²) in [4.78, 5) is 12.0. The molecule has 0 aliphatic carbocycles. The summed E-state index contributed by atoms with van der Waals surface area (Å²) in [5, 5.41) is 2.81. The SMILES string of the molecule is NC(Cc1ccccc1)c1ccc2c(c1)C(=O)NCCO2. The second kappa shape index (κ2) is 5.97. The maximum absolute atomic E-state index is 12.0. The van der Waals surface area contributed by atoms with Gasteiger partial charge in [0.15, 0.2) is 0 Å². The van der Waals surface area contributed by atoms with E-state index in [1.165, 1.54) is 5.56 Å². The van der Waals surface area contributed by atoms with E-state index >= 15 is 0 Å². The smallest absolute Gasteiger partial charge is 0.255 e. The molecule has 2 aromatic carbocycles. The number of rotatable bonds is 3. The van der Waals surface area contributed by atoms with Crippen LogP contribution in [0.1, 0.15) is 27.5 Å². The maximum atomic E-state index is 12.0. The van der Waals surface area contributed by atoms with E-state index in [0.717, 1.165) is 12.0 Å². The predicted molar refractivity (Wildman–Crippen MR) is 81.3 cm³/mol. The van der Waals surface area contributed by atoms with Gasteiger partial charge in [0.2, 0.25) is 0 Å². The summed E-state index contributed by atoms with van der Waals surface area (Å²) in [6.07, 6.45) is 0.738. The standard InChI is InChI=1S/C17H18N2O2/c18-15(10-12-4-2-1-3-5-12)13-6-7-16-14(11-13)17(20)19-8-9-21-16/h1-7,11,15H,8-10,18H2,(H,19,20). The van der Waals surface area contributed by atoms with Gasteiger partial charge >= 0.3 is 0 Å². The molecule has 3 rings (SSSR count). The first kappa shape index (κ1) is 13.6. The molecule has 0 aromatic heterocycles. The van der Waals surface area contributed by atoms with Crippen molar-refractivity contribution in [1.82, 2.24) is 5.32 Å². The van der Waals surface area contributed by atoms with Crippen LogP contribution in [-0.2, 0) is 6.42 Å². The lowest BCUT2D eigenvalue weighted by atomic mass is 9.97. The maximum Gasteiger partial charge on any atom is 0.255 e. The summed E-state index contributed by atoms with van der Waals surface area (Å²) in [7, 11) is 0. The van der Waals surface area contributed by atoms with Gasteiger partial charge in [-0.15, -0.1) is 0 Å². The second-order valence-corrected chi connectivity index (χ2v) is 5.16. The summed E-state index contributed by atoms with van der Waals surface area (Å²) < 4.78 is 5.55. The Bertz CT molecular complexity index is 640. The van der Waals surface area contributed by atoms with Gasteiger partial charge in [-0.25, -0.2) is 0 Å². The number of carbonyl (C=O) groups excluding carboxylic acids is 1. The molecular weight excluding hydrogens is 264 g/mol. The molecular formula is C17H18N2O2. The molecule has 1 unspecified atom stereocenters. The molecule has 0 fully saturated rings. The van der Waals surface area contributed by atoms with Crippen LogP contribution in [0.4, 0.5) is 0 Å². The average Bonchev–Trinajstić information content (AvgIpc) is 2.70. The Morgan fingerprint density at radius 2 is 2.00 bits per heavy atom. The molecule has 1 aliphatic heterocycles. The largest absolute Gasteiger partial charge is 0.491 e. The second-order valence-electron chi connectivity index (χ2n) is 5.16. The van der Waals surface area contributed by atoms with Gasteiger partial charge in [-0.2, -0.15) is 0 Å². The third kappa shape index (κ3) is 3.06. The van der Waals surface area contributed by atoms with Gasteiger partial charge in [-0.3, -0.25) is 4.79 Å². The molecule has 3 N–H and O–H groups in total. The van der Waals surface area contributed by atoms with Gasteiger partial charge in [0.1, 0.15) is 12.4 Å². The van der Waals surface area contributed by atoms with E-state index < -0.39 is 0 Å². The minimum Gasteiger partial charge on any atom is -0.491 e. The lowest BCUT2D eigenvalue weighted by Crippen LogP contribution is -2.24. The summed E-state index contributed by atoms with van der Waals surface area (Å²) in [5.41, 5.74) is 8.96. The van der Waals surface area contributed by atoms with Crippen molar-refractivity contribution in [2.45, 2.75) is 12.5 Å². The van der Waals surface area contributed by atoms with Crippen LogP contribution in [0.15, 0.2) is 48.5 Å². The molecule has 0 bridgehead atoms. The third-order valence-corrected chi connectivity index (χ3v) is 3.62. The van der Waals surface area contributed by atoms with E-state index in [9.17, 15) is 4.79 Å². The molecule has 21 heavy (non-hydrogen) atoms. The normalized spacial score (nSPS) is 15.4. The van der Waals surface area contributed by atoms with Crippen molar-refractivity contribution in [2.24, 2.45) is 5.73 Å². The summed E-state index contributed by atoms with van der Waals surface area (Å²) in [6, 6.07) is 15.6. The van der Waals surface area contributed by atoms with Crippen LogP contribution in [-0.4, -0.2) is 19.1 Å². The first-order valence-electron chi connectivity index (χ1n) is 7.08. The van der Waals surface area contributed by atoms with Gasteiger partial charge in [0.25, 0.3) is 5.91 Å². The van der Waals surface area contributed by atoms with E-state index in [4.69, 9.17) is 10.5 Å². The van der Waals surface area contributed by atoms with Gasteiger partial charge in [-0.05, 0) is 29.7 Å². The summed E-state index contributed by atoms with van der Waals surface area (Å²) in [6.45, 7) is 1.02. The van der Waals surface area contributed by atoms with Crippen LogP contribution in [0.5, 0.6) is 5.75 Å². The Morgan fingerprint density at radius 3 is 2.81 bits per heavy atom. The highest BCUT2D eigenvalue weighted by Crippen LogP contribution is 2.25. The number of amides is 1. The number of ether oxygens (including phenoxy) is 1. The first-order valence-corrected chi connectivity index (χ1v) is 7.08. The van der Waals surface area contributed by atoms with Crippen LogP contribution in [0, 0.1) is 0 Å². The van der Waals surface area contributed by atoms with E-state index in [1.807, 2.05) is 36.4 Å². The predicted octanol–water partition coefficient (Wildman–Crippen LogP) is 2.05. The van der Waals surface area contributed by atoms with Crippen molar-refractivity contribution in [3.63, 3.8) is 0 Å². The van der Waals surface area contributed by atoms with Crippen LogP contribution >= 0.6 is 0 Å². The zero-order valence-electron chi connectivity index (χ0n) is 11.7. The summed E-state index contributed by atoms with van der Waals surface area (Å²) in [5.74, 6) is 0.525. The lowest BCUT2D eigenvalue weighted by molar-refractivity contribution is 0.0957. The molecule has 4 nitrogen and oxygen atoms in total. The van der Waals surface area contributed by atoms with Crippen molar-refractivity contribution in [3.05, 3.63) is 65.2 Å². The zero-order valence-corrected chi connectivity index (χ0v) is 11.7. The Kier molecular flexibility index (Phi) is 3.88. The molecule has 4 heteroatoms. The molecule has 108 valence electrons. The molecule has 1 heterocycles. The number of hydrogen-bond donors (Lipinski definition) is 2. The van der Waals surface area contributed by atoms with Crippen molar-refractivity contribution in [3.8, 4) is 5.75 Å². The Morgan fingerprint density at radius 1 is 1.19 bits per heavy atom. The number of carbonyl (C=O) groups is 1. The van der Waals surface area contributed by atoms with Crippen molar-refractivity contribution < 1.29 is 9.53 Å². The Balaban J connectivity index is 1.84. The molecule has 1 atom stereocenters. The third-order valence-electron chi connectivity index (χ3n) is 3.62. The molecule has 0 radical (unpaired) electrons. The van der Waals surface area contributed by atoms with Crippen molar-refractivity contribution in [1.29, 1.82) is 0 Å². The van der Waals surface area contributed by atoms with E-state index in [0.29, 0.717) is 24.5 Å². The van der Waals surface area contributed by atoms with E-state index in [1.54, 1.807) is 0 Å². The van der Waals surface area contributed by atoms with Crippen LogP contribution in [0.2, 0.25) is 0 Å². The van der Waals surface area contributed by atoms with Gasteiger partial charge in [-0.1, -0.05) is 36.4 Å². The minimum atomic E-state index is -0.145. The Labute approximate surface area is 123 Å². The monoisotopic (exact) mass is 282 g/mol. The van der Waals surface area contributed by atoms with E-state index in [-0.39, 0.29) is 11.9 Å². The fourth-order valence-corrected chi connectivity index (χ4v) is 2.49. The van der Waals surface area contributed by atoms with Gasteiger partial charge < -0.3 is 15.8 Å². The molecule has 1 aliphatic rings. The highest BCUT2D eigenvalue weighted by molar-refractivity contribution is 5.97. The summed E-state index contributed by atoms with van der Waals surface area (Å²) >= 11 is 0. The number of nitrogens with one attached hydrogen (secondary N) is 1. The van der Waals surface area contributed by atoms with Crippen molar-refractivity contribution in [2.75, 3.05) is 13.2 Å². The number of nitrogens with two attached hydrogens (primary N) is 1. The van der Waals surface area contributed by atoms with E-state index in [2.05, 4.69) is 17.4 Å². The van der Waals surface area contributed by atoms with Crippen LogP contribution < -0.4 is 15.8 Å². The highest BCUT2D eigenvalue weighted by atomic mass is 16.5. The molecule has 0 spiro atoms. The molecule has 0 saturated carbocycles. The quantitative estimate of drug-likeness (QED) is 0.905. The molecule has 0 saturated heterocycles. The highest BCUT2D eigenvalue weighted by Gasteiger charge is 2.18. The average molecular weight is 282 g/mol. The zero-order chi connectivity index (χ0) is 14.7. The van der Waals surface area contributed by atoms with Crippen molar-refractivity contribution >= 4 is 5.91 Å².